The molecular weight excluding hydrogens is 1220 g/mol. The van der Waals surface area contributed by atoms with E-state index >= 15 is 28.8 Å². The van der Waals surface area contributed by atoms with Gasteiger partial charge in [-0.25, -0.2) is 0 Å². The molecule has 2 fully saturated rings. The molecule has 0 bridgehead atoms. The van der Waals surface area contributed by atoms with E-state index < -0.39 is 143 Å². The summed E-state index contributed by atoms with van der Waals surface area (Å²) in [6.07, 6.45) is 5.79. The van der Waals surface area contributed by atoms with E-state index in [4.69, 9.17) is 9.47 Å². The van der Waals surface area contributed by atoms with Crippen molar-refractivity contribution in [3.8, 4) is 0 Å². The van der Waals surface area contributed by atoms with E-state index in [-0.39, 0.29) is 81.3 Å². The van der Waals surface area contributed by atoms with Crippen LogP contribution in [-0.4, -0.2) is 266 Å². The summed E-state index contributed by atoms with van der Waals surface area (Å²) in [7, 11) is 10.3. The van der Waals surface area contributed by atoms with Gasteiger partial charge in [0.1, 0.15) is 66.5 Å². The normalized spacial score (nSPS) is 26.9. The van der Waals surface area contributed by atoms with E-state index in [0.29, 0.717) is 45.7 Å². The Morgan fingerprint density at radius 1 is 0.474 bits per heavy atom. The molecule has 2 heterocycles. The van der Waals surface area contributed by atoms with Crippen molar-refractivity contribution in [1.29, 1.82) is 0 Å². The minimum Gasteiger partial charge on any atom is -0.379 e. The number of hydrogen-bond donors (Lipinski definition) is 4. The van der Waals surface area contributed by atoms with Crippen LogP contribution >= 0.6 is 0 Å². The fourth-order valence-corrected chi connectivity index (χ4v) is 12.3. The first-order valence-electron chi connectivity index (χ1n) is 34.8. The van der Waals surface area contributed by atoms with Crippen LogP contribution in [0.3, 0.4) is 0 Å². The number of nitrogens with zero attached hydrogens (tertiary/aromatic N) is 8. The van der Waals surface area contributed by atoms with Gasteiger partial charge < -0.3 is 65.0 Å². The predicted molar refractivity (Wildman–Crippen MR) is 369 cm³/mol. The largest absolute Gasteiger partial charge is 0.379 e. The summed E-state index contributed by atoms with van der Waals surface area (Å²) in [6, 6.07) is -13.2. The molecule has 0 aromatic rings. The molecule has 2 rings (SSSR count). The van der Waals surface area contributed by atoms with Gasteiger partial charge in [0.15, 0.2) is 0 Å². The molecule has 25 nitrogen and oxygen atoms in total. The monoisotopic (exact) mass is 1340 g/mol. The third-order valence-corrected chi connectivity index (χ3v) is 18.5. The van der Waals surface area contributed by atoms with Crippen molar-refractivity contribution in [3.05, 3.63) is 12.2 Å². The standard InChI is InChI=1S/C70H126N12O13/c1-25-27-28-48(15)40-55-62(85)73-51(26-2)65(88)80(23)57(41-95-36-33-82-31-34-94-35-32-82)68(91)76(19)54(38-44(7)8)63(86)74-58(46(11)12)69(92)77(20)53(37-43(5)6)61(84)71-49(16)60(83)72-50(17)64(87)79(22)56(39-45(9)10)67(90)75(18)52(30-29-42(3)4)66(89)81(24)59(47(13)14)70(93)78(55)21/h25,27,42-59H,26,28-41H2,1-24H3,(H,71,84)(H,72,83)(H,73,85)(H,74,86)/b27-25+/t48-,49-,50+,51+,52+,53-,54+,55+,56+,57-,58-,59+/m1/s1. The minimum atomic E-state index is -1.34. The van der Waals surface area contributed by atoms with Crippen LogP contribution in [0.15, 0.2) is 12.2 Å². The third-order valence-electron chi connectivity index (χ3n) is 18.5. The lowest BCUT2D eigenvalue weighted by atomic mass is 9.94. The molecule has 2 saturated heterocycles. The van der Waals surface area contributed by atoms with Crippen molar-refractivity contribution in [1.82, 2.24) is 60.5 Å². The smallest absolute Gasteiger partial charge is 0.248 e. The van der Waals surface area contributed by atoms with E-state index in [2.05, 4.69) is 26.2 Å². The second-order valence-corrected chi connectivity index (χ2v) is 29.1. The number of carbonyl (C=O) groups excluding carboxylic acids is 11. The number of carbonyl (C=O) groups is 11. The van der Waals surface area contributed by atoms with Crippen molar-refractivity contribution in [2.24, 2.45) is 41.4 Å². The van der Waals surface area contributed by atoms with Gasteiger partial charge in [-0.15, -0.1) is 0 Å². The molecule has 11 amide bonds. The summed E-state index contributed by atoms with van der Waals surface area (Å²) in [5.74, 6) is -8.47. The zero-order valence-corrected chi connectivity index (χ0v) is 62.5. The Morgan fingerprint density at radius 3 is 1.42 bits per heavy atom. The van der Waals surface area contributed by atoms with Gasteiger partial charge >= 0.3 is 0 Å². The number of hydrogen-bond acceptors (Lipinski definition) is 14. The lowest BCUT2D eigenvalue weighted by Gasteiger charge is -2.41. The molecule has 2 aliphatic heterocycles. The predicted octanol–water partition coefficient (Wildman–Crippen LogP) is 4.41. The highest BCUT2D eigenvalue weighted by atomic mass is 16.5. The molecule has 0 radical (unpaired) electrons. The van der Waals surface area contributed by atoms with Gasteiger partial charge in [-0.2, -0.15) is 0 Å². The maximum Gasteiger partial charge on any atom is 0.248 e. The first kappa shape index (κ1) is 84.9. The molecule has 0 saturated carbocycles. The van der Waals surface area contributed by atoms with Gasteiger partial charge in [0, 0.05) is 69.0 Å². The van der Waals surface area contributed by atoms with Crippen molar-refractivity contribution in [3.63, 3.8) is 0 Å². The Kier molecular flexibility index (Phi) is 36.2. The molecular formula is C70H126N12O13. The number of nitrogens with one attached hydrogen (secondary N) is 4. The zero-order chi connectivity index (χ0) is 72.6. The van der Waals surface area contributed by atoms with Gasteiger partial charge in [-0.3, -0.25) is 57.6 Å². The average molecular weight is 1340 g/mol. The number of rotatable bonds is 21. The lowest BCUT2D eigenvalue weighted by Crippen LogP contribution is -2.62. The van der Waals surface area contributed by atoms with Crippen molar-refractivity contribution < 1.29 is 62.2 Å². The number of amides is 11. The summed E-state index contributed by atoms with van der Waals surface area (Å²) in [5.41, 5.74) is 0. The Bertz CT molecular complexity index is 2560. The lowest BCUT2D eigenvalue weighted by molar-refractivity contribution is -0.156. The Balaban J connectivity index is 3.07. The highest BCUT2D eigenvalue weighted by molar-refractivity contribution is 6.00. The third kappa shape index (κ3) is 25.3. The van der Waals surface area contributed by atoms with Crippen LogP contribution in [0.25, 0.3) is 0 Å². The van der Waals surface area contributed by atoms with Crippen molar-refractivity contribution >= 4 is 65.0 Å². The molecule has 0 aromatic heterocycles. The molecule has 4 N–H and O–H groups in total. The van der Waals surface area contributed by atoms with Crippen LogP contribution in [0.2, 0.25) is 0 Å². The maximum atomic E-state index is 15.4. The van der Waals surface area contributed by atoms with Gasteiger partial charge in [-0.05, 0) is 114 Å². The molecule has 544 valence electrons. The summed E-state index contributed by atoms with van der Waals surface area (Å²) in [5, 5.41) is 11.3. The van der Waals surface area contributed by atoms with E-state index in [0.717, 1.165) is 0 Å². The first-order chi connectivity index (χ1) is 44.3. The van der Waals surface area contributed by atoms with Gasteiger partial charge in [0.25, 0.3) is 0 Å². The average Bonchev–Trinajstić information content (AvgIpc) is 0.825. The maximum absolute atomic E-state index is 15.4. The zero-order valence-electron chi connectivity index (χ0n) is 62.5. The Hall–Kier alpha value is -6.21. The fourth-order valence-electron chi connectivity index (χ4n) is 12.3. The van der Waals surface area contributed by atoms with E-state index in [9.17, 15) is 24.0 Å². The first-order valence-corrected chi connectivity index (χ1v) is 34.8. The molecule has 95 heavy (non-hydrogen) atoms. The molecule has 0 aromatic carbocycles. The molecule has 2 aliphatic rings. The van der Waals surface area contributed by atoms with E-state index in [1.807, 2.05) is 81.4 Å². The highest BCUT2D eigenvalue weighted by Gasteiger charge is 2.45. The van der Waals surface area contributed by atoms with E-state index in [1.54, 1.807) is 34.6 Å². The van der Waals surface area contributed by atoms with Crippen LogP contribution in [0.4, 0.5) is 0 Å². The SMILES string of the molecule is C/C=C/C[C@@H](C)C[C@H]1C(=O)N[C@@H](CC)C(=O)N(C)[C@H](COCCN2CCOCC2)C(=O)N(C)[C@@H](CC(C)C)C(=O)N[C@H](C(C)C)C(=O)N(C)[C@H](CC(C)C)C(=O)N[C@H](C)C(=O)N[C@@H](C)C(=O)N(C)[C@@H](CC(C)C)C(=O)N(C)[C@@H](CCC(C)C)C(=O)N(C)[C@@H](C(C)C)C(=O)N1C. The van der Waals surface area contributed by atoms with Crippen LogP contribution in [0, 0.1) is 41.4 Å². The van der Waals surface area contributed by atoms with Crippen LogP contribution in [0.5, 0.6) is 0 Å². The molecule has 0 unspecified atom stereocenters. The summed E-state index contributed by atoms with van der Waals surface area (Å²) in [4.78, 5) is 176. The van der Waals surface area contributed by atoms with Gasteiger partial charge in [0.2, 0.25) is 65.0 Å². The van der Waals surface area contributed by atoms with Crippen molar-refractivity contribution in [2.75, 3.05) is 95.4 Å². The number of allylic oxidation sites excluding steroid dienone is 2. The number of likely N-dealkylation sites (N-methyl/N-ethyl adjacent to an activating group) is 7. The Labute approximate surface area is 570 Å². The minimum absolute atomic E-state index is 0.0596. The second-order valence-electron chi connectivity index (χ2n) is 29.1. The summed E-state index contributed by atoms with van der Waals surface area (Å²) < 4.78 is 11.8. The van der Waals surface area contributed by atoms with Crippen LogP contribution in [-0.2, 0) is 62.2 Å². The molecule has 0 spiro atoms. The fraction of sp³-hybridized carbons (Fsp3) is 0.814. The molecule has 25 heteroatoms. The second kappa shape index (κ2) is 40.5. The van der Waals surface area contributed by atoms with Gasteiger partial charge in [0.05, 0.1) is 26.4 Å². The van der Waals surface area contributed by atoms with Gasteiger partial charge in [-0.1, -0.05) is 109 Å². The quantitative estimate of drug-likeness (QED) is 0.0916. The number of morpholine rings is 1. The van der Waals surface area contributed by atoms with E-state index in [1.165, 1.54) is 97.5 Å². The number of ether oxygens (including phenoxy) is 2. The van der Waals surface area contributed by atoms with Crippen LogP contribution in [0.1, 0.15) is 169 Å². The van der Waals surface area contributed by atoms with Crippen molar-refractivity contribution in [2.45, 2.75) is 236 Å². The Morgan fingerprint density at radius 2 is 0.916 bits per heavy atom. The highest BCUT2D eigenvalue weighted by Crippen LogP contribution is 2.26. The molecule has 0 aliphatic carbocycles. The molecule has 12 atom stereocenters. The van der Waals surface area contributed by atoms with Crippen LogP contribution < -0.4 is 21.3 Å². The summed E-state index contributed by atoms with van der Waals surface area (Å²) in [6.45, 7) is 33.7. The summed E-state index contributed by atoms with van der Waals surface area (Å²) >= 11 is 0. The topological polar surface area (TPSA) is 280 Å².